The van der Waals surface area contributed by atoms with E-state index in [1.54, 1.807) is 6.07 Å². The Morgan fingerprint density at radius 1 is 1.43 bits per heavy atom. The van der Waals surface area contributed by atoms with Gasteiger partial charge in [0.25, 0.3) is 0 Å². The normalized spacial score (nSPS) is 11.8. The number of halogens is 1. The summed E-state index contributed by atoms with van der Waals surface area (Å²) in [5.41, 5.74) is 6.61. The minimum atomic E-state index is -0.293. The van der Waals surface area contributed by atoms with Crippen molar-refractivity contribution >= 4 is 11.8 Å². The molecule has 0 radical (unpaired) electrons. The van der Waals surface area contributed by atoms with Crippen molar-refractivity contribution in [2.75, 3.05) is 6.26 Å². The van der Waals surface area contributed by atoms with E-state index in [9.17, 15) is 4.39 Å². The van der Waals surface area contributed by atoms with Crippen LogP contribution in [-0.2, 0) is 6.42 Å². The van der Waals surface area contributed by atoms with Crippen LogP contribution >= 0.6 is 11.8 Å². The fourth-order valence-corrected chi connectivity index (χ4v) is 2.08. The Bertz CT molecular complexity index is 318. The van der Waals surface area contributed by atoms with Gasteiger partial charge in [0.2, 0.25) is 0 Å². The first-order chi connectivity index (χ1) is 6.44. The van der Waals surface area contributed by atoms with E-state index in [1.807, 2.05) is 26.2 Å². The lowest BCUT2D eigenvalue weighted by atomic mass is 9.96. The van der Waals surface area contributed by atoms with Crippen LogP contribution in [0.5, 0.6) is 0 Å². The van der Waals surface area contributed by atoms with Crippen LogP contribution in [0, 0.1) is 5.82 Å². The Balaban J connectivity index is 3.02. The zero-order chi connectivity index (χ0) is 10.8. The van der Waals surface area contributed by atoms with Gasteiger partial charge < -0.3 is 5.73 Å². The van der Waals surface area contributed by atoms with Crippen molar-refractivity contribution in [1.29, 1.82) is 0 Å². The van der Waals surface area contributed by atoms with E-state index in [2.05, 4.69) is 0 Å². The van der Waals surface area contributed by atoms with Crippen LogP contribution in [0.4, 0.5) is 4.39 Å². The van der Waals surface area contributed by atoms with Crippen LogP contribution in [0.1, 0.15) is 19.4 Å². The predicted molar refractivity (Wildman–Crippen MR) is 60.2 cm³/mol. The number of rotatable bonds is 3. The van der Waals surface area contributed by atoms with Gasteiger partial charge in [-0.15, -0.1) is 11.8 Å². The summed E-state index contributed by atoms with van der Waals surface area (Å²) in [4.78, 5) is 0.714. The van der Waals surface area contributed by atoms with Gasteiger partial charge in [-0.2, -0.15) is 0 Å². The zero-order valence-corrected chi connectivity index (χ0v) is 9.62. The lowest BCUT2D eigenvalue weighted by Gasteiger charge is -2.20. The van der Waals surface area contributed by atoms with Gasteiger partial charge >= 0.3 is 0 Å². The topological polar surface area (TPSA) is 26.0 Å². The molecule has 0 saturated carbocycles. The highest BCUT2D eigenvalue weighted by Gasteiger charge is 2.15. The highest BCUT2D eigenvalue weighted by atomic mass is 32.2. The second kappa shape index (κ2) is 4.32. The third-order valence-electron chi connectivity index (χ3n) is 1.90. The van der Waals surface area contributed by atoms with Crippen molar-refractivity contribution in [1.82, 2.24) is 0 Å². The molecule has 0 amide bonds. The third kappa shape index (κ3) is 3.00. The van der Waals surface area contributed by atoms with Gasteiger partial charge in [0.05, 0.1) is 0 Å². The molecule has 14 heavy (non-hydrogen) atoms. The van der Waals surface area contributed by atoms with Crippen LogP contribution in [0.25, 0.3) is 0 Å². The fourth-order valence-electron chi connectivity index (χ4n) is 1.41. The number of benzene rings is 1. The summed E-state index contributed by atoms with van der Waals surface area (Å²) in [7, 11) is 0. The Morgan fingerprint density at radius 2 is 2.07 bits per heavy atom. The SMILES string of the molecule is CSc1c(F)cccc1CC(C)(C)N. The number of nitrogens with two attached hydrogens (primary N) is 1. The zero-order valence-electron chi connectivity index (χ0n) is 8.80. The lowest BCUT2D eigenvalue weighted by molar-refractivity contribution is 0.506. The van der Waals surface area contributed by atoms with Crippen LogP contribution in [0.2, 0.25) is 0 Å². The maximum atomic E-state index is 13.4. The van der Waals surface area contributed by atoms with Crippen molar-refractivity contribution in [3.8, 4) is 0 Å². The Labute approximate surface area is 88.9 Å². The van der Waals surface area contributed by atoms with Gasteiger partial charge in [0.15, 0.2) is 0 Å². The van der Waals surface area contributed by atoms with Crippen LogP contribution in [0.15, 0.2) is 23.1 Å². The Hall–Kier alpha value is -0.540. The van der Waals surface area contributed by atoms with E-state index in [0.29, 0.717) is 11.3 Å². The number of thioether (sulfide) groups is 1. The summed E-state index contributed by atoms with van der Waals surface area (Å²) in [6.45, 7) is 3.89. The largest absolute Gasteiger partial charge is 0.325 e. The third-order valence-corrected chi connectivity index (χ3v) is 2.76. The minimum absolute atomic E-state index is 0.153. The highest BCUT2D eigenvalue weighted by molar-refractivity contribution is 7.98. The van der Waals surface area contributed by atoms with E-state index in [4.69, 9.17) is 5.73 Å². The first-order valence-corrected chi connectivity index (χ1v) is 5.77. The van der Waals surface area contributed by atoms with Crippen molar-refractivity contribution in [3.05, 3.63) is 29.6 Å². The molecule has 78 valence electrons. The van der Waals surface area contributed by atoms with Gasteiger partial charge in [-0.25, -0.2) is 4.39 Å². The van der Waals surface area contributed by atoms with E-state index in [0.717, 1.165) is 5.56 Å². The highest BCUT2D eigenvalue weighted by Crippen LogP contribution is 2.26. The van der Waals surface area contributed by atoms with Crippen LogP contribution in [-0.4, -0.2) is 11.8 Å². The molecule has 0 atom stereocenters. The maximum absolute atomic E-state index is 13.4. The average Bonchev–Trinajstić information content (AvgIpc) is 2.01. The lowest BCUT2D eigenvalue weighted by Crippen LogP contribution is -2.34. The van der Waals surface area contributed by atoms with E-state index < -0.39 is 0 Å². The predicted octanol–water partition coefficient (Wildman–Crippen LogP) is 2.83. The molecule has 0 spiro atoms. The summed E-state index contributed by atoms with van der Waals surface area (Å²) in [5.74, 6) is -0.153. The summed E-state index contributed by atoms with van der Waals surface area (Å²) in [6.07, 6.45) is 2.58. The van der Waals surface area contributed by atoms with Gasteiger partial charge in [0, 0.05) is 10.4 Å². The van der Waals surface area contributed by atoms with Gasteiger partial charge in [0.1, 0.15) is 5.82 Å². The summed E-state index contributed by atoms with van der Waals surface area (Å²) < 4.78 is 13.4. The Morgan fingerprint density at radius 3 is 2.57 bits per heavy atom. The molecule has 0 saturated heterocycles. The maximum Gasteiger partial charge on any atom is 0.137 e. The molecule has 0 bridgehead atoms. The standard InChI is InChI=1S/C11H16FNS/c1-11(2,13)7-8-5-4-6-9(12)10(8)14-3/h4-6H,7,13H2,1-3H3. The first kappa shape index (κ1) is 11.5. The molecule has 2 N–H and O–H groups in total. The molecule has 1 rings (SSSR count). The summed E-state index contributed by atoms with van der Waals surface area (Å²) in [5, 5.41) is 0. The summed E-state index contributed by atoms with van der Waals surface area (Å²) >= 11 is 1.43. The van der Waals surface area contributed by atoms with Crippen molar-refractivity contribution in [2.45, 2.75) is 30.7 Å². The van der Waals surface area contributed by atoms with E-state index in [1.165, 1.54) is 17.8 Å². The van der Waals surface area contributed by atoms with Gasteiger partial charge in [-0.1, -0.05) is 12.1 Å². The molecule has 0 aromatic heterocycles. The minimum Gasteiger partial charge on any atom is -0.325 e. The van der Waals surface area contributed by atoms with Gasteiger partial charge in [-0.3, -0.25) is 0 Å². The van der Waals surface area contributed by atoms with E-state index in [-0.39, 0.29) is 11.4 Å². The molecular weight excluding hydrogens is 197 g/mol. The molecule has 0 aliphatic carbocycles. The molecule has 3 heteroatoms. The molecule has 0 unspecified atom stereocenters. The second-order valence-electron chi connectivity index (χ2n) is 4.10. The molecule has 0 aliphatic rings. The van der Waals surface area contributed by atoms with Crippen molar-refractivity contribution < 1.29 is 4.39 Å². The first-order valence-electron chi connectivity index (χ1n) is 4.54. The van der Waals surface area contributed by atoms with Crippen molar-refractivity contribution in [2.24, 2.45) is 5.73 Å². The number of hydrogen-bond donors (Lipinski definition) is 1. The average molecular weight is 213 g/mol. The molecule has 1 aromatic rings. The monoisotopic (exact) mass is 213 g/mol. The molecular formula is C11H16FNS. The molecule has 0 heterocycles. The quantitative estimate of drug-likeness (QED) is 0.781. The summed E-state index contributed by atoms with van der Waals surface area (Å²) in [6, 6.07) is 5.15. The molecule has 0 aliphatic heterocycles. The Kier molecular flexibility index (Phi) is 3.56. The molecule has 1 aromatic carbocycles. The molecule has 0 fully saturated rings. The van der Waals surface area contributed by atoms with E-state index >= 15 is 0 Å². The van der Waals surface area contributed by atoms with Crippen LogP contribution < -0.4 is 5.73 Å². The molecule has 1 nitrogen and oxygen atoms in total. The number of hydrogen-bond acceptors (Lipinski definition) is 2. The van der Waals surface area contributed by atoms with Crippen LogP contribution in [0.3, 0.4) is 0 Å². The smallest absolute Gasteiger partial charge is 0.137 e. The fraction of sp³-hybridized carbons (Fsp3) is 0.455. The van der Waals surface area contributed by atoms with Crippen molar-refractivity contribution in [3.63, 3.8) is 0 Å². The second-order valence-corrected chi connectivity index (χ2v) is 4.91. The van der Waals surface area contributed by atoms with Gasteiger partial charge in [-0.05, 0) is 38.2 Å².